The van der Waals surface area contributed by atoms with Crippen molar-refractivity contribution in [2.45, 2.75) is 6.18 Å². The van der Waals surface area contributed by atoms with Gasteiger partial charge in [0.25, 0.3) is 0 Å². The summed E-state index contributed by atoms with van der Waals surface area (Å²) < 4.78 is 40.3. The number of nitrogens with zero attached hydrogens (tertiary/aromatic N) is 1. The molecule has 0 bridgehead atoms. The molecule has 0 radical (unpaired) electrons. The number of fused-ring (bicyclic) bond motifs is 1. The largest absolute Gasteiger partial charge is 0.456 e. The lowest BCUT2D eigenvalue weighted by Crippen LogP contribution is -2.04. The molecule has 2 aromatic carbocycles. The van der Waals surface area contributed by atoms with Gasteiger partial charge in [0.2, 0.25) is 0 Å². The number of benzene rings is 2. The highest BCUT2D eigenvalue weighted by atomic mass is 19.4. The van der Waals surface area contributed by atoms with E-state index in [0.717, 1.165) is 17.8 Å². The Kier molecular flexibility index (Phi) is 4.88. The van der Waals surface area contributed by atoms with Crippen LogP contribution in [0.3, 0.4) is 0 Å². The Bertz CT molecular complexity index is 1040. The Morgan fingerprint density at radius 1 is 0.923 bits per heavy atom. The number of halogens is 3. The van der Waals surface area contributed by atoms with Crippen LogP contribution < -0.4 is 5.43 Å². The van der Waals surface area contributed by atoms with Gasteiger partial charge in [0, 0.05) is 17.8 Å². The maximum Gasteiger partial charge on any atom is 0.435 e. The second-order valence-electron chi connectivity index (χ2n) is 5.29. The fraction of sp³-hybridized carbons (Fsp3) is 0.0526. The molecule has 4 nitrogen and oxygen atoms in total. The van der Waals surface area contributed by atoms with Crippen LogP contribution in [0.1, 0.15) is 5.69 Å². The standard InChI is InChI=1S/C15H10O2.C4H3F3N2/c16-13-10-15(11-6-2-1-3-7-11)17-14-9-5-4-8-12(13)14;5-4(6,7)3-1-2-8-9-3/h1-10H;1-2H,(H,8,9). The third kappa shape index (κ3) is 4.00. The molecule has 0 fully saturated rings. The van der Waals surface area contributed by atoms with Crippen molar-refractivity contribution in [2.24, 2.45) is 0 Å². The van der Waals surface area contributed by atoms with Gasteiger partial charge in [0.1, 0.15) is 11.3 Å². The fourth-order valence-electron chi connectivity index (χ4n) is 2.27. The minimum absolute atomic E-state index is 0.00861. The van der Waals surface area contributed by atoms with Gasteiger partial charge in [0.05, 0.1) is 5.39 Å². The summed E-state index contributed by atoms with van der Waals surface area (Å²) in [5.74, 6) is 0.606. The van der Waals surface area contributed by atoms with Crippen LogP contribution >= 0.6 is 0 Å². The zero-order valence-corrected chi connectivity index (χ0v) is 13.3. The van der Waals surface area contributed by atoms with Gasteiger partial charge < -0.3 is 4.42 Å². The van der Waals surface area contributed by atoms with Gasteiger partial charge in [-0.25, -0.2) is 0 Å². The molecule has 0 saturated carbocycles. The van der Waals surface area contributed by atoms with Gasteiger partial charge in [-0.1, -0.05) is 42.5 Å². The SMILES string of the molecule is FC(F)(F)c1cc[nH]n1.O=c1cc(-c2ccccc2)oc2ccccc12. The molecular formula is C19H13F3N2O2. The van der Waals surface area contributed by atoms with Crippen molar-refractivity contribution in [1.29, 1.82) is 0 Å². The zero-order chi connectivity index (χ0) is 18.6. The summed E-state index contributed by atoms with van der Waals surface area (Å²) in [5.41, 5.74) is 0.641. The van der Waals surface area contributed by atoms with Gasteiger partial charge in [-0.3, -0.25) is 9.89 Å². The molecule has 2 heterocycles. The van der Waals surface area contributed by atoms with Gasteiger partial charge in [-0.2, -0.15) is 18.3 Å². The molecule has 0 aliphatic rings. The second kappa shape index (κ2) is 7.26. The average molecular weight is 358 g/mol. The maximum atomic E-state index is 11.9. The molecule has 0 amide bonds. The molecule has 2 aromatic heterocycles. The van der Waals surface area contributed by atoms with Gasteiger partial charge >= 0.3 is 6.18 Å². The van der Waals surface area contributed by atoms with E-state index in [9.17, 15) is 18.0 Å². The molecular weight excluding hydrogens is 345 g/mol. The Hall–Kier alpha value is -3.35. The first-order valence-electron chi connectivity index (χ1n) is 7.60. The van der Waals surface area contributed by atoms with E-state index in [1.54, 1.807) is 6.07 Å². The molecule has 1 N–H and O–H groups in total. The third-order valence-electron chi connectivity index (χ3n) is 3.48. The fourth-order valence-corrected chi connectivity index (χ4v) is 2.27. The molecule has 4 rings (SSSR count). The highest BCUT2D eigenvalue weighted by Gasteiger charge is 2.32. The van der Waals surface area contributed by atoms with E-state index < -0.39 is 11.9 Å². The van der Waals surface area contributed by atoms with E-state index in [4.69, 9.17) is 4.42 Å². The molecule has 0 spiro atoms. The van der Waals surface area contributed by atoms with Crippen molar-refractivity contribution in [3.05, 3.63) is 88.8 Å². The lowest BCUT2D eigenvalue weighted by Gasteiger charge is -2.02. The quantitative estimate of drug-likeness (QED) is 0.527. The monoisotopic (exact) mass is 358 g/mol. The van der Waals surface area contributed by atoms with Crippen LogP contribution in [0.15, 0.2) is 82.1 Å². The van der Waals surface area contributed by atoms with Crippen molar-refractivity contribution in [3.63, 3.8) is 0 Å². The van der Waals surface area contributed by atoms with Crippen molar-refractivity contribution >= 4 is 11.0 Å². The molecule has 0 aliphatic heterocycles. The van der Waals surface area contributed by atoms with Crippen LogP contribution in [-0.2, 0) is 6.18 Å². The molecule has 0 unspecified atom stereocenters. The number of rotatable bonds is 1. The summed E-state index contributed by atoms with van der Waals surface area (Å²) in [7, 11) is 0. The number of hydrogen-bond acceptors (Lipinski definition) is 3. The smallest absolute Gasteiger partial charge is 0.435 e. The number of para-hydroxylation sites is 1. The van der Waals surface area contributed by atoms with Crippen molar-refractivity contribution in [2.75, 3.05) is 0 Å². The third-order valence-corrected chi connectivity index (χ3v) is 3.48. The van der Waals surface area contributed by atoms with Crippen molar-refractivity contribution in [3.8, 4) is 11.3 Å². The van der Waals surface area contributed by atoms with Crippen LogP contribution in [0, 0.1) is 0 Å². The summed E-state index contributed by atoms with van der Waals surface area (Å²) in [4.78, 5) is 11.9. The summed E-state index contributed by atoms with van der Waals surface area (Å²) in [6.45, 7) is 0. The predicted octanol–water partition coefficient (Wildman–Crippen LogP) is 4.89. The molecule has 4 aromatic rings. The Morgan fingerprint density at radius 3 is 2.23 bits per heavy atom. The number of alkyl halides is 3. The lowest BCUT2D eigenvalue weighted by atomic mass is 10.1. The van der Waals surface area contributed by atoms with Crippen LogP contribution in [0.2, 0.25) is 0 Å². The molecule has 132 valence electrons. The van der Waals surface area contributed by atoms with E-state index in [2.05, 4.69) is 10.2 Å². The summed E-state index contributed by atoms with van der Waals surface area (Å²) in [6.07, 6.45) is -3.19. The van der Waals surface area contributed by atoms with Gasteiger partial charge in [0.15, 0.2) is 11.1 Å². The summed E-state index contributed by atoms with van der Waals surface area (Å²) >= 11 is 0. The van der Waals surface area contributed by atoms with Crippen LogP contribution in [0.25, 0.3) is 22.3 Å². The minimum atomic E-state index is -4.32. The first-order valence-corrected chi connectivity index (χ1v) is 7.60. The first kappa shape index (κ1) is 17.5. The van der Waals surface area contributed by atoms with Gasteiger partial charge in [-0.15, -0.1) is 0 Å². The number of aromatic amines is 1. The lowest BCUT2D eigenvalue weighted by molar-refractivity contribution is -0.141. The van der Waals surface area contributed by atoms with Crippen molar-refractivity contribution < 1.29 is 17.6 Å². The minimum Gasteiger partial charge on any atom is -0.456 e. The second-order valence-corrected chi connectivity index (χ2v) is 5.29. The predicted molar refractivity (Wildman–Crippen MR) is 91.5 cm³/mol. The number of nitrogens with one attached hydrogen (secondary N) is 1. The van der Waals surface area contributed by atoms with E-state index >= 15 is 0 Å². The van der Waals surface area contributed by atoms with E-state index in [-0.39, 0.29) is 5.43 Å². The topological polar surface area (TPSA) is 58.9 Å². The molecule has 0 saturated heterocycles. The molecule has 26 heavy (non-hydrogen) atoms. The van der Waals surface area contributed by atoms with Crippen LogP contribution in [-0.4, -0.2) is 10.2 Å². The van der Waals surface area contributed by atoms with Crippen LogP contribution in [0.4, 0.5) is 13.2 Å². The highest BCUT2D eigenvalue weighted by molar-refractivity contribution is 5.78. The van der Waals surface area contributed by atoms with E-state index in [1.165, 1.54) is 6.07 Å². The molecule has 0 atom stereocenters. The number of aromatic nitrogens is 2. The summed E-state index contributed by atoms with van der Waals surface area (Å²) in [5, 5.41) is 5.62. The highest BCUT2D eigenvalue weighted by Crippen LogP contribution is 2.26. The maximum absolute atomic E-state index is 11.9. The Labute approximate surface area is 145 Å². The van der Waals surface area contributed by atoms with E-state index in [1.807, 2.05) is 48.5 Å². The molecule has 0 aliphatic carbocycles. The van der Waals surface area contributed by atoms with E-state index in [0.29, 0.717) is 16.7 Å². The Balaban J connectivity index is 0.000000185. The van der Waals surface area contributed by atoms with Gasteiger partial charge in [-0.05, 0) is 18.2 Å². The van der Waals surface area contributed by atoms with Crippen LogP contribution in [0.5, 0.6) is 0 Å². The normalized spacial score (nSPS) is 11.0. The Morgan fingerprint density at radius 2 is 1.62 bits per heavy atom. The zero-order valence-electron chi connectivity index (χ0n) is 13.3. The number of hydrogen-bond donors (Lipinski definition) is 1. The average Bonchev–Trinajstić information content (AvgIpc) is 3.18. The first-order chi connectivity index (χ1) is 12.4. The van der Waals surface area contributed by atoms with Crippen molar-refractivity contribution in [1.82, 2.24) is 10.2 Å². The number of H-pyrrole nitrogens is 1. The molecule has 7 heteroatoms. The summed E-state index contributed by atoms with van der Waals surface area (Å²) in [6, 6.07) is 19.3.